The average molecular weight is 196 g/mol. The van der Waals surface area contributed by atoms with Crippen molar-refractivity contribution in [3.8, 4) is 0 Å². The maximum atomic E-state index is 12.1. The molecule has 1 aliphatic heterocycles. The molecule has 2 unspecified atom stereocenters. The van der Waals surface area contributed by atoms with Crippen LogP contribution in [-0.4, -0.2) is 36.5 Å². The lowest BCUT2D eigenvalue weighted by atomic mass is 10.1. The minimum Gasteiger partial charge on any atom is -0.339 e. The first kappa shape index (κ1) is 9.97. The van der Waals surface area contributed by atoms with Crippen LogP contribution < -0.4 is 5.32 Å². The summed E-state index contributed by atoms with van der Waals surface area (Å²) < 4.78 is 0. The molecule has 0 aromatic rings. The Hall–Kier alpha value is -0.570. The molecule has 2 rings (SSSR count). The van der Waals surface area contributed by atoms with Crippen molar-refractivity contribution in [1.29, 1.82) is 0 Å². The van der Waals surface area contributed by atoms with E-state index in [1.807, 2.05) is 7.05 Å². The van der Waals surface area contributed by atoms with E-state index in [4.69, 9.17) is 0 Å². The number of likely N-dealkylation sites (tertiary alicyclic amines) is 1. The summed E-state index contributed by atoms with van der Waals surface area (Å²) in [5.41, 5.74) is 0. The zero-order valence-electron chi connectivity index (χ0n) is 9.12. The van der Waals surface area contributed by atoms with Crippen LogP contribution in [0.1, 0.15) is 32.6 Å². The Labute approximate surface area is 85.8 Å². The fraction of sp³-hybridized carbons (Fsp3) is 0.909. The Kier molecular flexibility index (Phi) is 2.77. The van der Waals surface area contributed by atoms with Gasteiger partial charge in [0.25, 0.3) is 0 Å². The zero-order chi connectivity index (χ0) is 10.1. The number of nitrogens with zero attached hydrogens (tertiary/aromatic N) is 1. The third-order valence-electron chi connectivity index (χ3n) is 3.51. The standard InChI is InChI=1S/C11H20N2O/c1-8-4-3-7-13(8)11(14)10(12-2)9-5-6-9/h8-10,12H,3-7H2,1-2H3. The molecule has 3 nitrogen and oxygen atoms in total. The summed E-state index contributed by atoms with van der Waals surface area (Å²) in [5, 5.41) is 3.17. The maximum absolute atomic E-state index is 12.1. The zero-order valence-corrected chi connectivity index (χ0v) is 9.12. The SMILES string of the molecule is CNC(C(=O)N1CCCC1C)C1CC1. The number of hydrogen-bond donors (Lipinski definition) is 1. The molecule has 1 N–H and O–H groups in total. The van der Waals surface area contributed by atoms with Crippen molar-refractivity contribution in [1.82, 2.24) is 10.2 Å². The topological polar surface area (TPSA) is 32.3 Å². The highest BCUT2D eigenvalue weighted by atomic mass is 16.2. The van der Waals surface area contributed by atoms with E-state index in [0.717, 1.165) is 6.54 Å². The minimum absolute atomic E-state index is 0.0931. The largest absolute Gasteiger partial charge is 0.339 e. The van der Waals surface area contributed by atoms with E-state index in [2.05, 4.69) is 17.1 Å². The molecular weight excluding hydrogens is 176 g/mol. The van der Waals surface area contributed by atoms with Crippen molar-refractivity contribution >= 4 is 5.91 Å². The van der Waals surface area contributed by atoms with Crippen molar-refractivity contribution in [3.05, 3.63) is 0 Å². The van der Waals surface area contributed by atoms with Crippen LogP contribution in [0, 0.1) is 5.92 Å². The molecule has 2 aliphatic rings. The van der Waals surface area contributed by atoms with Crippen LogP contribution in [0.2, 0.25) is 0 Å². The van der Waals surface area contributed by atoms with Crippen LogP contribution in [0.5, 0.6) is 0 Å². The molecule has 0 aromatic carbocycles. The fourth-order valence-electron chi connectivity index (χ4n) is 2.43. The molecule has 1 saturated heterocycles. The number of nitrogens with one attached hydrogen (secondary N) is 1. The Morgan fingerprint density at radius 3 is 2.57 bits per heavy atom. The Bertz CT molecular complexity index is 221. The van der Waals surface area contributed by atoms with Gasteiger partial charge in [0, 0.05) is 12.6 Å². The lowest BCUT2D eigenvalue weighted by Gasteiger charge is -2.26. The molecule has 14 heavy (non-hydrogen) atoms. The predicted octanol–water partition coefficient (Wildman–Crippen LogP) is 0.995. The Morgan fingerprint density at radius 2 is 2.14 bits per heavy atom. The van der Waals surface area contributed by atoms with Crippen LogP contribution >= 0.6 is 0 Å². The first-order valence-corrected chi connectivity index (χ1v) is 5.71. The quantitative estimate of drug-likeness (QED) is 0.730. The van der Waals surface area contributed by atoms with E-state index in [1.54, 1.807) is 0 Å². The van der Waals surface area contributed by atoms with Gasteiger partial charge in [-0.05, 0) is 45.6 Å². The molecule has 1 aliphatic carbocycles. The average Bonchev–Trinajstić information content (AvgIpc) is 2.90. The van der Waals surface area contributed by atoms with Gasteiger partial charge in [0.05, 0.1) is 6.04 Å². The molecule has 1 amide bonds. The monoisotopic (exact) mass is 196 g/mol. The third-order valence-corrected chi connectivity index (χ3v) is 3.51. The second kappa shape index (κ2) is 3.89. The number of hydrogen-bond acceptors (Lipinski definition) is 2. The van der Waals surface area contributed by atoms with Gasteiger partial charge in [0.1, 0.15) is 0 Å². The molecule has 0 spiro atoms. The first-order chi connectivity index (χ1) is 6.74. The van der Waals surface area contributed by atoms with Crippen molar-refractivity contribution in [2.45, 2.75) is 44.7 Å². The van der Waals surface area contributed by atoms with E-state index < -0.39 is 0 Å². The van der Waals surface area contributed by atoms with E-state index in [0.29, 0.717) is 17.9 Å². The van der Waals surface area contributed by atoms with Gasteiger partial charge in [-0.2, -0.15) is 0 Å². The lowest BCUT2D eigenvalue weighted by Crippen LogP contribution is -2.47. The van der Waals surface area contributed by atoms with Gasteiger partial charge in [0.2, 0.25) is 5.91 Å². The van der Waals surface area contributed by atoms with Crippen molar-refractivity contribution in [2.24, 2.45) is 5.92 Å². The number of amides is 1. The molecule has 0 radical (unpaired) electrons. The number of carbonyl (C=O) groups is 1. The van der Waals surface area contributed by atoms with E-state index in [-0.39, 0.29) is 6.04 Å². The van der Waals surface area contributed by atoms with Crippen LogP contribution in [0.4, 0.5) is 0 Å². The highest BCUT2D eigenvalue weighted by Crippen LogP contribution is 2.34. The lowest BCUT2D eigenvalue weighted by molar-refractivity contribution is -0.134. The molecule has 0 bridgehead atoms. The highest BCUT2D eigenvalue weighted by molar-refractivity contribution is 5.83. The van der Waals surface area contributed by atoms with Crippen molar-refractivity contribution in [2.75, 3.05) is 13.6 Å². The number of carbonyl (C=O) groups excluding carboxylic acids is 1. The summed E-state index contributed by atoms with van der Waals surface area (Å²) in [6, 6.07) is 0.549. The maximum Gasteiger partial charge on any atom is 0.240 e. The summed E-state index contributed by atoms with van der Waals surface area (Å²) in [7, 11) is 1.90. The number of likely N-dealkylation sites (N-methyl/N-ethyl adjacent to an activating group) is 1. The van der Waals surface area contributed by atoms with Gasteiger partial charge in [0.15, 0.2) is 0 Å². The third kappa shape index (κ3) is 1.78. The molecule has 2 atom stereocenters. The summed E-state index contributed by atoms with van der Waals surface area (Å²) in [6.45, 7) is 3.12. The molecule has 1 saturated carbocycles. The molecule has 2 fully saturated rings. The molecule has 80 valence electrons. The van der Waals surface area contributed by atoms with E-state index in [1.165, 1.54) is 25.7 Å². The second-order valence-corrected chi connectivity index (χ2v) is 4.63. The van der Waals surface area contributed by atoms with Crippen LogP contribution in [0.25, 0.3) is 0 Å². The first-order valence-electron chi connectivity index (χ1n) is 5.71. The molecule has 1 heterocycles. The second-order valence-electron chi connectivity index (χ2n) is 4.63. The van der Waals surface area contributed by atoms with Crippen molar-refractivity contribution < 1.29 is 4.79 Å². The predicted molar refractivity (Wildman–Crippen MR) is 56.0 cm³/mol. The molecular formula is C11H20N2O. The smallest absolute Gasteiger partial charge is 0.240 e. The number of rotatable bonds is 3. The van der Waals surface area contributed by atoms with E-state index in [9.17, 15) is 4.79 Å². The Morgan fingerprint density at radius 1 is 1.43 bits per heavy atom. The van der Waals surface area contributed by atoms with Gasteiger partial charge in [-0.1, -0.05) is 0 Å². The normalized spacial score (nSPS) is 29.3. The van der Waals surface area contributed by atoms with Gasteiger partial charge in [-0.25, -0.2) is 0 Å². The summed E-state index contributed by atoms with van der Waals surface area (Å²) >= 11 is 0. The molecule has 3 heteroatoms. The van der Waals surface area contributed by atoms with Crippen LogP contribution in [0.3, 0.4) is 0 Å². The molecule has 0 aromatic heterocycles. The highest BCUT2D eigenvalue weighted by Gasteiger charge is 2.39. The Balaban J connectivity index is 1.97. The van der Waals surface area contributed by atoms with Gasteiger partial charge in [-0.15, -0.1) is 0 Å². The van der Waals surface area contributed by atoms with Gasteiger partial charge in [-0.3, -0.25) is 4.79 Å². The minimum atomic E-state index is 0.0931. The summed E-state index contributed by atoms with van der Waals surface area (Å²) in [6.07, 6.45) is 4.79. The summed E-state index contributed by atoms with van der Waals surface area (Å²) in [5.74, 6) is 0.945. The van der Waals surface area contributed by atoms with Gasteiger partial charge < -0.3 is 10.2 Å². The summed E-state index contributed by atoms with van der Waals surface area (Å²) in [4.78, 5) is 14.2. The van der Waals surface area contributed by atoms with Crippen LogP contribution in [-0.2, 0) is 4.79 Å². The van der Waals surface area contributed by atoms with E-state index >= 15 is 0 Å². The van der Waals surface area contributed by atoms with Gasteiger partial charge >= 0.3 is 0 Å². The van der Waals surface area contributed by atoms with Crippen molar-refractivity contribution in [3.63, 3.8) is 0 Å². The fourth-order valence-corrected chi connectivity index (χ4v) is 2.43. The van der Waals surface area contributed by atoms with Crippen LogP contribution in [0.15, 0.2) is 0 Å².